The van der Waals surface area contributed by atoms with E-state index >= 15 is 0 Å². The van der Waals surface area contributed by atoms with Gasteiger partial charge in [0.15, 0.2) is 5.92 Å². The molecule has 0 bridgehead atoms. The molecule has 0 amide bonds. The van der Waals surface area contributed by atoms with E-state index in [1.165, 1.54) is 6.07 Å². The zero-order valence-corrected chi connectivity index (χ0v) is 10.1. The first-order valence-corrected chi connectivity index (χ1v) is 6.10. The summed E-state index contributed by atoms with van der Waals surface area (Å²) in [4.78, 5) is 0. The second-order valence-electron chi connectivity index (χ2n) is 4.91. The van der Waals surface area contributed by atoms with Crippen LogP contribution in [0.2, 0.25) is 0 Å². The van der Waals surface area contributed by atoms with Crippen LogP contribution in [0.1, 0.15) is 39.0 Å². The van der Waals surface area contributed by atoms with Crippen LogP contribution in [-0.2, 0) is 0 Å². The number of nitrogens with zero attached hydrogens (tertiary/aromatic N) is 1. The molecule has 1 unspecified atom stereocenters. The van der Waals surface area contributed by atoms with Crippen molar-refractivity contribution in [2.24, 2.45) is 11.3 Å². The maximum atomic E-state index is 12.3. The summed E-state index contributed by atoms with van der Waals surface area (Å²) in [5.41, 5.74) is 0.158. The summed E-state index contributed by atoms with van der Waals surface area (Å²) in [6.07, 6.45) is 1.06. The van der Waals surface area contributed by atoms with Gasteiger partial charge in [-0.2, -0.15) is 18.4 Å². The summed E-state index contributed by atoms with van der Waals surface area (Å²) in [5, 5.41) is 11.3. The van der Waals surface area contributed by atoms with Crippen LogP contribution >= 0.6 is 0 Å². The number of nitrogens with one attached hydrogen (secondary N) is 1. The summed E-state index contributed by atoms with van der Waals surface area (Å²) < 4.78 is 37.0. The van der Waals surface area contributed by atoms with E-state index in [4.69, 9.17) is 5.26 Å². The lowest BCUT2D eigenvalue weighted by Gasteiger charge is -2.28. The Labute approximate surface area is 100 Å². The molecular weight excluding hydrogens is 229 g/mol. The fourth-order valence-corrected chi connectivity index (χ4v) is 2.50. The van der Waals surface area contributed by atoms with E-state index in [1.807, 2.05) is 0 Å². The minimum Gasteiger partial charge on any atom is -0.315 e. The summed E-state index contributed by atoms with van der Waals surface area (Å²) in [5.74, 6) is -1.89. The molecule has 0 aromatic heterocycles. The first-order chi connectivity index (χ1) is 7.93. The molecule has 1 atom stereocenters. The van der Waals surface area contributed by atoms with E-state index in [0.29, 0.717) is 6.54 Å². The average molecular weight is 248 g/mol. The van der Waals surface area contributed by atoms with Gasteiger partial charge in [-0.3, -0.25) is 0 Å². The molecular formula is C12H19F3N2. The Bertz CT molecular complexity index is 274. The Morgan fingerprint density at radius 3 is 2.35 bits per heavy atom. The van der Waals surface area contributed by atoms with Crippen molar-refractivity contribution in [2.45, 2.75) is 45.2 Å². The Morgan fingerprint density at radius 1 is 1.35 bits per heavy atom. The molecule has 0 aromatic rings. The van der Waals surface area contributed by atoms with Crippen molar-refractivity contribution < 1.29 is 13.2 Å². The highest BCUT2D eigenvalue weighted by atomic mass is 19.4. The van der Waals surface area contributed by atoms with Crippen molar-refractivity contribution in [3.05, 3.63) is 0 Å². The molecule has 5 heteroatoms. The molecule has 1 fully saturated rings. The van der Waals surface area contributed by atoms with Crippen LogP contribution in [-0.4, -0.2) is 19.3 Å². The molecule has 1 rings (SSSR count). The van der Waals surface area contributed by atoms with Gasteiger partial charge in [-0.25, -0.2) is 0 Å². The quantitative estimate of drug-likeness (QED) is 0.810. The number of nitriles is 1. The zero-order chi connectivity index (χ0) is 12.9. The van der Waals surface area contributed by atoms with Crippen molar-refractivity contribution >= 4 is 0 Å². The summed E-state index contributed by atoms with van der Waals surface area (Å²) >= 11 is 0. The van der Waals surface area contributed by atoms with Crippen molar-refractivity contribution in [1.29, 1.82) is 5.26 Å². The molecule has 1 saturated carbocycles. The van der Waals surface area contributed by atoms with Gasteiger partial charge in [-0.15, -0.1) is 0 Å². The van der Waals surface area contributed by atoms with E-state index in [2.05, 4.69) is 12.2 Å². The molecule has 0 heterocycles. The second-order valence-corrected chi connectivity index (χ2v) is 4.91. The fraction of sp³-hybridized carbons (Fsp3) is 0.917. The van der Waals surface area contributed by atoms with Gasteiger partial charge in [0.2, 0.25) is 0 Å². The smallest absolute Gasteiger partial charge is 0.315 e. The molecule has 1 N–H and O–H groups in total. The van der Waals surface area contributed by atoms with Gasteiger partial charge in [0.25, 0.3) is 0 Å². The fourth-order valence-electron chi connectivity index (χ4n) is 2.50. The number of rotatable bonds is 5. The van der Waals surface area contributed by atoms with Crippen molar-refractivity contribution in [2.75, 3.05) is 13.1 Å². The Balaban J connectivity index is 2.39. The number of halogens is 3. The molecule has 1 aliphatic rings. The predicted molar refractivity (Wildman–Crippen MR) is 59.2 cm³/mol. The predicted octanol–water partition coefficient (Wildman–Crippen LogP) is 3.25. The van der Waals surface area contributed by atoms with Crippen LogP contribution in [0.25, 0.3) is 0 Å². The highest BCUT2D eigenvalue weighted by Gasteiger charge is 2.40. The number of alkyl halides is 3. The summed E-state index contributed by atoms with van der Waals surface area (Å²) in [6, 6.07) is 1.31. The Kier molecular flexibility index (Phi) is 4.81. The zero-order valence-electron chi connectivity index (χ0n) is 10.1. The lowest BCUT2D eigenvalue weighted by Crippen LogP contribution is -2.38. The third kappa shape index (κ3) is 3.88. The highest BCUT2D eigenvalue weighted by molar-refractivity contribution is 4.91. The normalized spacial score (nSPS) is 21.1. The first-order valence-electron chi connectivity index (χ1n) is 6.10. The lowest BCUT2D eigenvalue weighted by atomic mass is 9.83. The van der Waals surface area contributed by atoms with Crippen LogP contribution < -0.4 is 5.32 Å². The van der Waals surface area contributed by atoms with E-state index in [0.717, 1.165) is 32.1 Å². The van der Waals surface area contributed by atoms with Crippen molar-refractivity contribution in [1.82, 2.24) is 5.32 Å². The molecule has 2 nitrogen and oxygen atoms in total. The summed E-state index contributed by atoms with van der Waals surface area (Å²) in [6.45, 7) is 2.39. The van der Waals surface area contributed by atoms with Gasteiger partial charge in [0.05, 0.1) is 6.07 Å². The van der Waals surface area contributed by atoms with Crippen LogP contribution in [0, 0.1) is 22.7 Å². The van der Waals surface area contributed by atoms with Gasteiger partial charge >= 0.3 is 6.18 Å². The first kappa shape index (κ1) is 14.3. The molecule has 0 radical (unpaired) electrons. The van der Waals surface area contributed by atoms with Crippen molar-refractivity contribution in [3.8, 4) is 6.07 Å². The van der Waals surface area contributed by atoms with Crippen LogP contribution in [0.5, 0.6) is 0 Å². The maximum Gasteiger partial charge on any atom is 0.405 e. The SMILES string of the molecule is CCC1(CNCC(C#N)C(F)(F)F)CCCC1. The Morgan fingerprint density at radius 2 is 1.94 bits per heavy atom. The van der Waals surface area contributed by atoms with Crippen LogP contribution in [0.3, 0.4) is 0 Å². The largest absolute Gasteiger partial charge is 0.405 e. The Hall–Kier alpha value is -0.760. The van der Waals surface area contributed by atoms with Crippen LogP contribution in [0.15, 0.2) is 0 Å². The summed E-state index contributed by atoms with van der Waals surface area (Å²) in [7, 11) is 0. The lowest BCUT2D eigenvalue weighted by molar-refractivity contribution is -0.157. The van der Waals surface area contributed by atoms with Crippen LogP contribution in [0.4, 0.5) is 13.2 Å². The third-order valence-electron chi connectivity index (χ3n) is 3.81. The average Bonchev–Trinajstić information content (AvgIpc) is 2.72. The van der Waals surface area contributed by atoms with Gasteiger partial charge in [0, 0.05) is 13.1 Å². The number of hydrogen-bond donors (Lipinski definition) is 1. The van der Waals surface area contributed by atoms with Gasteiger partial charge in [-0.1, -0.05) is 19.8 Å². The van der Waals surface area contributed by atoms with E-state index < -0.39 is 12.1 Å². The molecule has 0 aromatic carbocycles. The molecule has 0 spiro atoms. The monoisotopic (exact) mass is 248 g/mol. The molecule has 0 saturated heterocycles. The minimum absolute atomic E-state index is 0.158. The molecule has 98 valence electrons. The minimum atomic E-state index is -4.42. The third-order valence-corrected chi connectivity index (χ3v) is 3.81. The molecule has 17 heavy (non-hydrogen) atoms. The van der Waals surface area contributed by atoms with E-state index in [9.17, 15) is 13.2 Å². The van der Waals surface area contributed by atoms with Gasteiger partial charge in [-0.05, 0) is 24.7 Å². The molecule has 1 aliphatic carbocycles. The second kappa shape index (κ2) is 5.72. The molecule has 0 aliphatic heterocycles. The standard InChI is InChI=1S/C12H19F3N2/c1-2-11(5-3-4-6-11)9-17-8-10(7-16)12(13,14)15/h10,17H,2-6,8-9H2,1H3. The topological polar surface area (TPSA) is 35.8 Å². The number of hydrogen-bond acceptors (Lipinski definition) is 2. The van der Waals surface area contributed by atoms with E-state index in [-0.39, 0.29) is 12.0 Å². The highest BCUT2D eigenvalue weighted by Crippen LogP contribution is 2.40. The van der Waals surface area contributed by atoms with E-state index in [1.54, 1.807) is 0 Å². The van der Waals surface area contributed by atoms with Gasteiger partial charge in [0.1, 0.15) is 0 Å². The van der Waals surface area contributed by atoms with Gasteiger partial charge < -0.3 is 5.32 Å². The van der Waals surface area contributed by atoms with Crippen molar-refractivity contribution in [3.63, 3.8) is 0 Å². The maximum absolute atomic E-state index is 12.3.